The molecule has 3 rings (SSSR count). The van der Waals surface area contributed by atoms with Crippen molar-refractivity contribution in [3.8, 4) is 0 Å². The smallest absolute Gasteiger partial charge is 0.410 e. The lowest BCUT2D eigenvalue weighted by Gasteiger charge is -2.41. The molecule has 3 heterocycles. The van der Waals surface area contributed by atoms with Crippen LogP contribution in [0.25, 0.3) is 0 Å². The van der Waals surface area contributed by atoms with Crippen molar-refractivity contribution in [1.82, 2.24) is 15.2 Å². The van der Waals surface area contributed by atoms with Gasteiger partial charge in [0, 0.05) is 26.7 Å². The van der Waals surface area contributed by atoms with Crippen molar-refractivity contribution in [2.75, 3.05) is 19.7 Å². The molecule has 1 N–H and O–H groups in total. The minimum Gasteiger partial charge on any atom is -0.450 e. The number of piperidine rings is 1. The lowest BCUT2D eigenvalue weighted by atomic mass is 9.85. The molecule has 1 saturated heterocycles. The van der Waals surface area contributed by atoms with Crippen molar-refractivity contribution in [3.05, 3.63) is 28.0 Å². The summed E-state index contributed by atoms with van der Waals surface area (Å²) in [5.41, 5.74) is 0.419. The van der Waals surface area contributed by atoms with Gasteiger partial charge in [-0.3, -0.25) is 4.98 Å². The van der Waals surface area contributed by atoms with E-state index < -0.39 is 37.0 Å². The maximum absolute atomic E-state index is 12.7. The Morgan fingerprint density at radius 3 is 2.39 bits per heavy atom. The van der Waals surface area contributed by atoms with Gasteiger partial charge in [-0.2, -0.15) is 0 Å². The first-order valence-electron chi connectivity index (χ1n) is 12.7. The molecule has 2 aliphatic rings. The lowest BCUT2D eigenvalue weighted by Crippen LogP contribution is -2.50. The van der Waals surface area contributed by atoms with E-state index >= 15 is 0 Å². The summed E-state index contributed by atoms with van der Waals surface area (Å²) in [5, 5.41) is 3.56. The van der Waals surface area contributed by atoms with E-state index in [1.54, 1.807) is 4.90 Å². The highest BCUT2D eigenvalue weighted by Gasteiger charge is 2.53. The summed E-state index contributed by atoms with van der Waals surface area (Å²) in [7, 11) is -1.31. The van der Waals surface area contributed by atoms with E-state index in [0.29, 0.717) is 37.6 Å². The number of halogens is 1. The Balaban J connectivity index is 1.79. The van der Waals surface area contributed by atoms with Crippen LogP contribution in [0.4, 0.5) is 9.59 Å². The Bertz CT molecular complexity index is 995. The quantitative estimate of drug-likeness (QED) is 0.449. The fourth-order valence-electron chi connectivity index (χ4n) is 4.59. The molecule has 2 aliphatic heterocycles. The Kier molecular flexibility index (Phi) is 8.09. The summed E-state index contributed by atoms with van der Waals surface area (Å²) in [6.07, 6.45) is -0.123. The van der Waals surface area contributed by atoms with Crippen molar-refractivity contribution < 1.29 is 23.8 Å². The number of likely N-dealkylation sites (tertiary alicyclic amines) is 1. The average Bonchev–Trinajstić information content (AvgIpc) is 3.00. The fraction of sp³-hybridized carbons (Fsp3) is 0.731. The number of nitrogens with zero attached hydrogens (tertiary/aromatic N) is 2. The van der Waals surface area contributed by atoms with Crippen LogP contribution in [0.3, 0.4) is 0 Å². The second-order valence-electron chi connectivity index (χ2n) is 12.7. The topological polar surface area (TPSA) is 90.0 Å². The molecule has 36 heavy (non-hydrogen) atoms. The molecule has 1 atom stereocenters. The monoisotopic (exact) mass is 539 g/mol. The van der Waals surface area contributed by atoms with Gasteiger partial charge >= 0.3 is 12.2 Å². The normalized spacial score (nSPS) is 19.7. The van der Waals surface area contributed by atoms with Crippen LogP contribution in [-0.4, -0.2) is 61.0 Å². The molecule has 0 aliphatic carbocycles. The zero-order valence-corrected chi connectivity index (χ0v) is 25.0. The minimum absolute atomic E-state index is 0.324. The number of hydrogen-bond acceptors (Lipinski definition) is 6. The van der Waals surface area contributed by atoms with Gasteiger partial charge in [0.15, 0.2) is 0 Å². The van der Waals surface area contributed by atoms with Crippen LogP contribution in [-0.2, 0) is 19.8 Å². The summed E-state index contributed by atoms with van der Waals surface area (Å²) >= 11 is 6.48. The summed E-state index contributed by atoms with van der Waals surface area (Å²) < 4.78 is 17.8. The van der Waals surface area contributed by atoms with Crippen LogP contribution in [0.2, 0.25) is 30.7 Å². The van der Waals surface area contributed by atoms with Crippen LogP contribution in [0.5, 0.6) is 0 Å². The number of aryl methyl sites for hydroxylation is 1. The first kappa shape index (κ1) is 28.7. The van der Waals surface area contributed by atoms with E-state index in [1.165, 1.54) is 0 Å². The molecule has 202 valence electrons. The molecule has 1 spiro atoms. The number of hydrogen-bond donors (Lipinski definition) is 1. The van der Waals surface area contributed by atoms with Gasteiger partial charge in [-0.05, 0) is 66.5 Å². The number of pyridine rings is 1. The molecule has 8 nitrogen and oxygen atoms in total. The molecule has 0 radical (unpaired) electrons. The maximum atomic E-state index is 12.7. The van der Waals surface area contributed by atoms with Crippen molar-refractivity contribution in [1.29, 1.82) is 0 Å². The Hall–Kier alpha value is -1.84. The van der Waals surface area contributed by atoms with E-state index in [1.807, 2.05) is 47.6 Å². The Morgan fingerprint density at radius 1 is 1.22 bits per heavy atom. The van der Waals surface area contributed by atoms with Crippen LogP contribution in [0.1, 0.15) is 70.5 Å². The first-order valence-corrected chi connectivity index (χ1v) is 16.8. The zero-order chi connectivity index (χ0) is 27.1. The van der Waals surface area contributed by atoms with E-state index in [0.717, 1.165) is 23.0 Å². The van der Waals surface area contributed by atoms with Gasteiger partial charge in [-0.15, -0.1) is 0 Å². The van der Waals surface area contributed by atoms with Gasteiger partial charge < -0.3 is 24.4 Å². The van der Waals surface area contributed by atoms with Gasteiger partial charge in [-0.25, -0.2) is 9.59 Å². The summed E-state index contributed by atoms with van der Waals surface area (Å²) in [6, 6.07) is 2.80. The SMILES string of the molecule is Cc1nc2c(cc1Cl)[C@@H](C(C)(C)NC(=O)OCC[Si](C)(C)C)OC21CCN(C(=O)OC(C)(C)C)CC1. The molecule has 0 saturated carbocycles. The number of ether oxygens (including phenoxy) is 3. The van der Waals surface area contributed by atoms with Crippen molar-refractivity contribution in [2.24, 2.45) is 0 Å². The molecular formula is C26H42ClN3O5Si. The first-order chi connectivity index (χ1) is 16.4. The number of alkyl carbamates (subject to hydrolysis) is 1. The third-order valence-electron chi connectivity index (χ3n) is 6.63. The van der Waals surface area contributed by atoms with Crippen LogP contribution in [0, 0.1) is 6.92 Å². The predicted octanol–water partition coefficient (Wildman–Crippen LogP) is 6.18. The Morgan fingerprint density at radius 2 is 1.83 bits per heavy atom. The van der Waals surface area contributed by atoms with Gasteiger partial charge in [0.25, 0.3) is 0 Å². The number of carbonyl (C=O) groups is 2. The van der Waals surface area contributed by atoms with E-state index in [-0.39, 0.29) is 6.09 Å². The number of fused-ring (bicyclic) bond motifs is 2. The maximum Gasteiger partial charge on any atom is 0.410 e. The largest absolute Gasteiger partial charge is 0.450 e. The molecule has 1 fully saturated rings. The van der Waals surface area contributed by atoms with Gasteiger partial charge in [-0.1, -0.05) is 31.2 Å². The molecule has 2 amide bonds. The second-order valence-corrected chi connectivity index (χ2v) is 18.8. The number of rotatable bonds is 5. The second kappa shape index (κ2) is 10.1. The van der Waals surface area contributed by atoms with Gasteiger partial charge in [0.1, 0.15) is 17.3 Å². The van der Waals surface area contributed by atoms with E-state index in [9.17, 15) is 9.59 Å². The number of amides is 2. The van der Waals surface area contributed by atoms with Crippen molar-refractivity contribution in [3.63, 3.8) is 0 Å². The molecule has 0 unspecified atom stereocenters. The summed E-state index contributed by atoms with van der Waals surface area (Å²) in [6.45, 7) is 19.4. The average molecular weight is 540 g/mol. The van der Waals surface area contributed by atoms with Crippen molar-refractivity contribution in [2.45, 2.75) is 103 Å². The van der Waals surface area contributed by atoms with E-state index in [2.05, 4.69) is 25.0 Å². The molecule has 10 heteroatoms. The van der Waals surface area contributed by atoms with Crippen LogP contribution >= 0.6 is 11.6 Å². The highest BCUT2D eigenvalue weighted by atomic mass is 35.5. The molecule has 1 aromatic rings. The third kappa shape index (κ3) is 6.72. The number of nitrogens with one attached hydrogen (secondary N) is 1. The Labute approximate surface area is 221 Å². The highest BCUT2D eigenvalue weighted by molar-refractivity contribution is 6.76. The van der Waals surface area contributed by atoms with Gasteiger partial charge in [0.05, 0.1) is 28.6 Å². The predicted molar refractivity (Wildman–Crippen MR) is 143 cm³/mol. The standard InChI is InChI=1S/C26H42ClN3O5Si/c1-17-19(27)16-18-20(28-17)26(10-12-30(13-11-26)23(32)35-24(2,3)4)34-21(18)25(5,6)29-22(31)33-14-15-36(7,8)9/h16,21H,10-15H2,1-9H3,(H,29,31)/t21-/m0/s1. The van der Waals surface area contributed by atoms with Crippen molar-refractivity contribution >= 4 is 31.9 Å². The summed E-state index contributed by atoms with van der Waals surface area (Å²) in [4.78, 5) is 31.9. The molecule has 0 aromatic carbocycles. The van der Waals surface area contributed by atoms with E-state index in [4.69, 9.17) is 30.8 Å². The van der Waals surface area contributed by atoms with Crippen LogP contribution in [0.15, 0.2) is 6.07 Å². The fourth-order valence-corrected chi connectivity index (χ4v) is 5.46. The third-order valence-corrected chi connectivity index (χ3v) is 8.71. The number of aromatic nitrogens is 1. The van der Waals surface area contributed by atoms with Crippen LogP contribution < -0.4 is 5.32 Å². The molecular weight excluding hydrogens is 498 g/mol. The van der Waals surface area contributed by atoms with Gasteiger partial charge in [0.2, 0.25) is 0 Å². The molecule has 1 aromatic heterocycles. The lowest BCUT2D eigenvalue weighted by molar-refractivity contribution is -0.132. The zero-order valence-electron chi connectivity index (χ0n) is 23.2. The summed E-state index contributed by atoms with van der Waals surface area (Å²) in [5.74, 6) is 0. The highest BCUT2D eigenvalue weighted by Crippen LogP contribution is 2.52. The number of carbonyl (C=O) groups excluding carboxylic acids is 2. The molecule has 0 bridgehead atoms. The minimum atomic E-state index is -1.31.